The molecular formula is C17H17N3O2. The van der Waals surface area contributed by atoms with Crippen molar-refractivity contribution in [1.29, 1.82) is 0 Å². The third-order valence-electron chi connectivity index (χ3n) is 3.51. The molecule has 0 radical (unpaired) electrons. The van der Waals surface area contributed by atoms with Crippen molar-refractivity contribution in [3.8, 4) is 5.69 Å². The summed E-state index contributed by atoms with van der Waals surface area (Å²) in [6, 6.07) is 13.0. The molecule has 0 aliphatic rings. The first-order chi connectivity index (χ1) is 10.6. The molecule has 0 aliphatic carbocycles. The Balaban J connectivity index is 1.75. The number of nitrogens with zero attached hydrogens (tertiary/aromatic N) is 3. The smallest absolute Gasteiger partial charge is 0.254 e. The topological polar surface area (TPSA) is 51.3 Å². The molecule has 3 aromatic rings. The summed E-state index contributed by atoms with van der Waals surface area (Å²) in [4.78, 5) is 14.0. The predicted molar refractivity (Wildman–Crippen MR) is 82.8 cm³/mol. The molecule has 1 amide bonds. The van der Waals surface area contributed by atoms with Crippen LogP contribution >= 0.6 is 0 Å². The van der Waals surface area contributed by atoms with E-state index in [1.165, 1.54) is 0 Å². The molecule has 0 aliphatic heterocycles. The van der Waals surface area contributed by atoms with Crippen molar-refractivity contribution in [2.45, 2.75) is 13.5 Å². The zero-order chi connectivity index (χ0) is 15.5. The second kappa shape index (κ2) is 5.89. The molecule has 0 atom stereocenters. The molecule has 2 aromatic heterocycles. The molecule has 2 heterocycles. The largest absolute Gasteiger partial charge is 0.467 e. The highest BCUT2D eigenvalue weighted by molar-refractivity contribution is 5.94. The first-order valence-corrected chi connectivity index (χ1v) is 7.04. The second-order valence-electron chi connectivity index (χ2n) is 5.17. The monoisotopic (exact) mass is 295 g/mol. The van der Waals surface area contributed by atoms with Gasteiger partial charge in [-0.3, -0.25) is 4.79 Å². The fraction of sp³-hybridized carbons (Fsp3) is 0.176. The maximum atomic E-state index is 12.4. The number of furan rings is 1. The van der Waals surface area contributed by atoms with Crippen molar-refractivity contribution in [3.05, 3.63) is 71.9 Å². The highest BCUT2D eigenvalue weighted by Gasteiger charge is 2.13. The van der Waals surface area contributed by atoms with Gasteiger partial charge in [-0.05, 0) is 49.4 Å². The van der Waals surface area contributed by atoms with Crippen molar-refractivity contribution < 1.29 is 9.21 Å². The molecule has 1 aromatic carbocycles. The Morgan fingerprint density at radius 3 is 2.59 bits per heavy atom. The second-order valence-corrected chi connectivity index (χ2v) is 5.17. The molecule has 0 bridgehead atoms. The van der Waals surface area contributed by atoms with Gasteiger partial charge in [0.25, 0.3) is 5.91 Å². The fourth-order valence-corrected chi connectivity index (χ4v) is 2.31. The van der Waals surface area contributed by atoms with Crippen LogP contribution in [0.4, 0.5) is 0 Å². The molecule has 0 spiro atoms. The first-order valence-electron chi connectivity index (χ1n) is 7.04. The summed E-state index contributed by atoms with van der Waals surface area (Å²) in [5, 5.41) is 4.25. The van der Waals surface area contributed by atoms with Crippen molar-refractivity contribution >= 4 is 5.91 Å². The lowest BCUT2D eigenvalue weighted by Crippen LogP contribution is -2.25. The molecule has 22 heavy (non-hydrogen) atoms. The van der Waals surface area contributed by atoms with E-state index in [0.717, 1.165) is 17.1 Å². The third kappa shape index (κ3) is 2.79. The van der Waals surface area contributed by atoms with E-state index in [9.17, 15) is 4.79 Å². The Morgan fingerprint density at radius 1 is 1.23 bits per heavy atom. The summed E-state index contributed by atoms with van der Waals surface area (Å²) >= 11 is 0. The number of rotatable bonds is 4. The summed E-state index contributed by atoms with van der Waals surface area (Å²) in [5.41, 5.74) is 2.63. The SMILES string of the molecule is Cc1ccnn1-c1ccc(C(=O)N(C)Cc2ccco2)cc1. The number of hydrogen-bond donors (Lipinski definition) is 0. The van der Waals surface area contributed by atoms with Gasteiger partial charge in [0.15, 0.2) is 0 Å². The van der Waals surface area contributed by atoms with Crippen LogP contribution in [0.1, 0.15) is 21.8 Å². The molecule has 112 valence electrons. The van der Waals surface area contributed by atoms with Gasteiger partial charge >= 0.3 is 0 Å². The van der Waals surface area contributed by atoms with Crippen LogP contribution in [0.5, 0.6) is 0 Å². The molecular weight excluding hydrogens is 278 g/mol. The van der Waals surface area contributed by atoms with Crippen LogP contribution < -0.4 is 0 Å². The van der Waals surface area contributed by atoms with Gasteiger partial charge in [0, 0.05) is 24.5 Å². The van der Waals surface area contributed by atoms with Gasteiger partial charge in [-0.15, -0.1) is 0 Å². The van der Waals surface area contributed by atoms with Gasteiger partial charge in [-0.1, -0.05) is 0 Å². The summed E-state index contributed by atoms with van der Waals surface area (Å²) in [6.45, 7) is 2.44. The fourth-order valence-electron chi connectivity index (χ4n) is 2.31. The zero-order valence-electron chi connectivity index (χ0n) is 12.6. The molecule has 5 heteroatoms. The minimum Gasteiger partial charge on any atom is -0.467 e. The van der Waals surface area contributed by atoms with Gasteiger partial charge < -0.3 is 9.32 Å². The van der Waals surface area contributed by atoms with Crippen LogP contribution in [-0.2, 0) is 6.54 Å². The van der Waals surface area contributed by atoms with E-state index in [0.29, 0.717) is 12.1 Å². The molecule has 0 saturated heterocycles. The van der Waals surface area contributed by atoms with E-state index in [1.807, 2.05) is 54.1 Å². The summed E-state index contributed by atoms with van der Waals surface area (Å²) in [5.74, 6) is 0.722. The van der Waals surface area contributed by atoms with E-state index in [1.54, 1.807) is 24.4 Å². The highest BCUT2D eigenvalue weighted by Crippen LogP contribution is 2.13. The van der Waals surface area contributed by atoms with Crippen LogP contribution in [0.15, 0.2) is 59.3 Å². The van der Waals surface area contributed by atoms with E-state index >= 15 is 0 Å². The van der Waals surface area contributed by atoms with Crippen molar-refractivity contribution in [2.75, 3.05) is 7.05 Å². The number of carbonyl (C=O) groups is 1. The lowest BCUT2D eigenvalue weighted by molar-refractivity contribution is 0.0775. The molecule has 5 nitrogen and oxygen atoms in total. The average molecular weight is 295 g/mol. The molecule has 0 unspecified atom stereocenters. The maximum absolute atomic E-state index is 12.4. The number of hydrogen-bond acceptors (Lipinski definition) is 3. The van der Waals surface area contributed by atoms with Crippen LogP contribution in [-0.4, -0.2) is 27.6 Å². The van der Waals surface area contributed by atoms with Gasteiger partial charge in [-0.2, -0.15) is 5.10 Å². The quantitative estimate of drug-likeness (QED) is 0.743. The van der Waals surface area contributed by atoms with Crippen molar-refractivity contribution in [3.63, 3.8) is 0 Å². The number of amides is 1. The van der Waals surface area contributed by atoms with E-state index in [-0.39, 0.29) is 5.91 Å². The first kappa shape index (κ1) is 14.1. The lowest BCUT2D eigenvalue weighted by atomic mass is 10.2. The maximum Gasteiger partial charge on any atom is 0.254 e. The average Bonchev–Trinajstić information content (AvgIpc) is 3.18. The van der Waals surface area contributed by atoms with Gasteiger partial charge in [0.2, 0.25) is 0 Å². The number of aryl methyl sites for hydroxylation is 1. The van der Waals surface area contributed by atoms with Gasteiger partial charge in [-0.25, -0.2) is 4.68 Å². The number of carbonyl (C=O) groups excluding carboxylic acids is 1. The Hall–Kier alpha value is -2.82. The zero-order valence-corrected chi connectivity index (χ0v) is 12.6. The molecule has 0 N–H and O–H groups in total. The third-order valence-corrected chi connectivity index (χ3v) is 3.51. The van der Waals surface area contributed by atoms with E-state index < -0.39 is 0 Å². The van der Waals surface area contributed by atoms with Crippen molar-refractivity contribution in [1.82, 2.24) is 14.7 Å². The summed E-state index contributed by atoms with van der Waals surface area (Å²) in [6.07, 6.45) is 3.36. The van der Waals surface area contributed by atoms with Crippen LogP contribution in [0, 0.1) is 6.92 Å². The van der Waals surface area contributed by atoms with Crippen LogP contribution in [0.2, 0.25) is 0 Å². The minimum absolute atomic E-state index is 0.0415. The minimum atomic E-state index is -0.0415. The number of benzene rings is 1. The van der Waals surface area contributed by atoms with Gasteiger partial charge in [0.05, 0.1) is 18.5 Å². The lowest BCUT2D eigenvalue weighted by Gasteiger charge is -2.16. The van der Waals surface area contributed by atoms with Crippen molar-refractivity contribution in [2.24, 2.45) is 0 Å². The predicted octanol–water partition coefficient (Wildman–Crippen LogP) is 3.05. The highest BCUT2D eigenvalue weighted by atomic mass is 16.3. The standard InChI is InChI=1S/C17H17N3O2/c1-13-9-10-18-20(13)15-7-5-14(6-8-15)17(21)19(2)12-16-4-3-11-22-16/h3-11H,12H2,1-2H3. The number of aromatic nitrogens is 2. The van der Waals surface area contributed by atoms with Crippen LogP contribution in [0.3, 0.4) is 0 Å². The molecule has 0 saturated carbocycles. The van der Waals surface area contributed by atoms with E-state index in [2.05, 4.69) is 5.10 Å². The Labute approximate surface area is 128 Å². The Morgan fingerprint density at radius 2 is 2.00 bits per heavy atom. The molecule has 0 fully saturated rings. The Kier molecular flexibility index (Phi) is 3.78. The Bertz CT molecular complexity index is 758. The van der Waals surface area contributed by atoms with Gasteiger partial charge in [0.1, 0.15) is 5.76 Å². The normalized spacial score (nSPS) is 10.6. The molecule has 3 rings (SSSR count). The van der Waals surface area contributed by atoms with E-state index in [4.69, 9.17) is 4.42 Å². The van der Waals surface area contributed by atoms with Crippen LogP contribution in [0.25, 0.3) is 5.69 Å². The summed E-state index contributed by atoms with van der Waals surface area (Å²) in [7, 11) is 1.76. The summed E-state index contributed by atoms with van der Waals surface area (Å²) < 4.78 is 7.10.